The van der Waals surface area contributed by atoms with E-state index in [2.05, 4.69) is 27.8 Å². The molecule has 56 heavy (non-hydrogen) atoms. The third kappa shape index (κ3) is 9.70. The lowest BCUT2D eigenvalue weighted by Crippen LogP contribution is -2.26. The van der Waals surface area contributed by atoms with Crippen molar-refractivity contribution in [2.24, 2.45) is 0 Å². The van der Waals surface area contributed by atoms with E-state index < -0.39 is 10.8 Å². The fourth-order valence-corrected chi connectivity index (χ4v) is 7.43. The molecule has 4 aromatic carbocycles. The molecule has 14 nitrogen and oxygen atoms in total. The largest absolute Gasteiger partial charge is 0.506 e. The third-order valence-electron chi connectivity index (χ3n) is 9.46. The molecule has 0 aliphatic heterocycles. The van der Waals surface area contributed by atoms with Gasteiger partial charge in [0.25, 0.3) is 11.6 Å². The van der Waals surface area contributed by atoms with Crippen LogP contribution in [0, 0.1) is 10.1 Å². The van der Waals surface area contributed by atoms with Crippen molar-refractivity contribution in [3.05, 3.63) is 112 Å². The highest BCUT2D eigenvalue weighted by molar-refractivity contribution is 7.98. The van der Waals surface area contributed by atoms with Crippen LogP contribution in [0.25, 0.3) is 22.1 Å². The normalized spacial score (nSPS) is 11.2. The lowest BCUT2D eigenvalue weighted by atomic mass is 10.0. The van der Waals surface area contributed by atoms with Crippen LogP contribution in [-0.4, -0.2) is 64.2 Å². The number of aromatic nitrogens is 6. The zero-order chi connectivity index (χ0) is 39.3. The van der Waals surface area contributed by atoms with Crippen LogP contribution in [0.3, 0.4) is 0 Å². The van der Waals surface area contributed by atoms with Crippen LogP contribution in [0.5, 0.6) is 17.4 Å². The minimum absolute atomic E-state index is 0.000249. The number of amides is 1. The summed E-state index contributed by atoms with van der Waals surface area (Å²) in [4.78, 5) is 24.3. The van der Waals surface area contributed by atoms with Crippen molar-refractivity contribution in [2.75, 3.05) is 13.2 Å². The summed E-state index contributed by atoms with van der Waals surface area (Å²) < 4.78 is 10.1. The Labute approximate surface area is 329 Å². The van der Waals surface area contributed by atoms with Gasteiger partial charge in [0, 0.05) is 40.8 Å². The first-order valence-electron chi connectivity index (χ1n) is 19.0. The number of aromatic hydroxyl groups is 1. The Morgan fingerprint density at radius 2 is 1.54 bits per heavy atom. The molecule has 15 heteroatoms. The van der Waals surface area contributed by atoms with Crippen molar-refractivity contribution < 1.29 is 24.7 Å². The number of nitrogens with zero attached hydrogens (tertiary/aromatic N) is 7. The number of hydrogen-bond donors (Lipinski definition) is 3. The SMILES string of the molecule is CCCCCCCCCCCc1nn(-c2ccc([N+](=O)[O-])cc2)c(Oc2cc(C(=O)NCCO)c(O)c3ccccc23)c1CSc1nnnn1-c1ccccc1. The Bertz CT molecular complexity index is 2230. The summed E-state index contributed by atoms with van der Waals surface area (Å²) in [5.74, 6) is 0.175. The number of nitrogens with one attached hydrogen (secondary N) is 1. The van der Waals surface area contributed by atoms with Gasteiger partial charge in [0.1, 0.15) is 11.5 Å². The first kappa shape index (κ1) is 39.9. The minimum Gasteiger partial charge on any atom is -0.506 e. The summed E-state index contributed by atoms with van der Waals surface area (Å²) in [6.45, 7) is 1.95. The Morgan fingerprint density at radius 1 is 0.875 bits per heavy atom. The van der Waals surface area contributed by atoms with Gasteiger partial charge in [-0.25, -0.2) is 4.68 Å². The van der Waals surface area contributed by atoms with Crippen LogP contribution >= 0.6 is 11.8 Å². The number of aryl methyl sites for hydroxylation is 1. The Balaban J connectivity index is 1.41. The highest BCUT2D eigenvalue weighted by atomic mass is 32.2. The van der Waals surface area contributed by atoms with Gasteiger partial charge >= 0.3 is 0 Å². The average Bonchev–Trinajstić information content (AvgIpc) is 3.84. The number of aliphatic hydroxyl groups excluding tert-OH is 1. The molecule has 0 unspecified atom stereocenters. The molecule has 0 bridgehead atoms. The second kappa shape index (κ2) is 19.7. The van der Waals surface area contributed by atoms with Crippen LogP contribution in [0.2, 0.25) is 0 Å². The van der Waals surface area contributed by atoms with Gasteiger partial charge in [-0.3, -0.25) is 14.9 Å². The fraction of sp³-hybridized carbons (Fsp3) is 0.341. The van der Waals surface area contributed by atoms with E-state index in [1.54, 1.807) is 39.7 Å². The molecule has 0 saturated heterocycles. The number of tetrazole rings is 1. The molecule has 2 aromatic heterocycles. The van der Waals surface area contributed by atoms with Crippen LogP contribution in [0.1, 0.15) is 86.3 Å². The maximum atomic E-state index is 13.2. The zero-order valence-corrected chi connectivity index (χ0v) is 32.2. The molecule has 0 fully saturated rings. The molecule has 292 valence electrons. The van der Waals surface area contributed by atoms with Gasteiger partial charge in [-0.05, 0) is 53.6 Å². The van der Waals surface area contributed by atoms with Crippen molar-refractivity contribution in [3.8, 4) is 28.8 Å². The number of non-ortho nitro benzene ring substituents is 1. The summed E-state index contributed by atoms with van der Waals surface area (Å²) in [6, 6.07) is 24.2. The highest BCUT2D eigenvalue weighted by Gasteiger charge is 2.26. The molecule has 2 heterocycles. The molecule has 0 atom stereocenters. The molecule has 3 N–H and O–H groups in total. The van der Waals surface area contributed by atoms with Gasteiger partial charge in [-0.15, -0.1) is 5.10 Å². The summed E-state index contributed by atoms with van der Waals surface area (Å²) in [5, 5.41) is 53.8. The number of phenolic OH excluding ortho intramolecular Hbond substituents is 1. The highest BCUT2D eigenvalue weighted by Crippen LogP contribution is 2.41. The summed E-state index contributed by atoms with van der Waals surface area (Å²) in [6.07, 6.45) is 11.1. The maximum Gasteiger partial charge on any atom is 0.269 e. The number of nitro groups is 1. The number of phenols is 1. The molecular weight excluding hydrogens is 733 g/mol. The van der Waals surface area contributed by atoms with Gasteiger partial charge in [0.15, 0.2) is 0 Å². The summed E-state index contributed by atoms with van der Waals surface area (Å²) in [7, 11) is 0. The fourth-order valence-electron chi connectivity index (χ4n) is 6.51. The number of aliphatic hydroxyl groups is 1. The predicted octanol–water partition coefficient (Wildman–Crippen LogP) is 8.50. The molecule has 0 saturated carbocycles. The monoisotopic (exact) mass is 778 g/mol. The Kier molecular flexibility index (Phi) is 14.0. The van der Waals surface area contributed by atoms with Crippen LogP contribution in [-0.2, 0) is 12.2 Å². The number of hydrogen-bond acceptors (Lipinski definition) is 11. The molecule has 0 aliphatic carbocycles. The van der Waals surface area contributed by atoms with E-state index in [1.807, 2.05) is 36.4 Å². The molecule has 0 radical (unpaired) electrons. The Morgan fingerprint density at radius 3 is 2.23 bits per heavy atom. The number of fused-ring (bicyclic) bond motifs is 1. The molecule has 0 spiro atoms. The van der Waals surface area contributed by atoms with E-state index in [1.165, 1.54) is 68.5 Å². The van der Waals surface area contributed by atoms with Gasteiger partial charge in [0.2, 0.25) is 11.0 Å². The van der Waals surface area contributed by atoms with Crippen molar-refractivity contribution in [3.63, 3.8) is 0 Å². The lowest BCUT2D eigenvalue weighted by molar-refractivity contribution is -0.384. The van der Waals surface area contributed by atoms with Crippen molar-refractivity contribution in [1.29, 1.82) is 0 Å². The van der Waals surface area contributed by atoms with Crippen molar-refractivity contribution in [2.45, 2.75) is 82.0 Å². The smallest absolute Gasteiger partial charge is 0.269 e. The van der Waals surface area contributed by atoms with Gasteiger partial charge in [-0.1, -0.05) is 113 Å². The molecule has 6 rings (SSSR count). The third-order valence-corrected chi connectivity index (χ3v) is 10.4. The van der Waals surface area contributed by atoms with Crippen molar-refractivity contribution >= 4 is 34.1 Å². The van der Waals surface area contributed by atoms with E-state index in [9.17, 15) is 25.1 Å². The van der Waals surface area contributed by atoms with E-state index in [0.29, 0.717) is 39.7 Å². The lowest BCUT2D eigenvalue weighted by Gasteiger charge is -2.16. The quantitative estimate of drug-likeness (QED) is 0.0276. The van der Waals surface area contributed by atoms with Crippen LogP contribution in [0.4, 0.5) is 5.69 Å². The number of carbonyl (C=O) groups is 1. The number of rotatable bonds is 21. The van der Waals surface area contributed by atoms with Crippen molar-refractivity contribution in [1.82, 2.24) is 35.3 Å². The maximum absolute atomic E-state index is 13.2. The van der Waals surface area contributed by atoms with E-state index in [-0.39, 0.29) is 35.9 Å². The first-order valence-corrected chi connectivity index (χ1v) is 20.0. The number of ether oxygens (including phenoxy) is 1. The second-order valence-electron chi connectivity index (χ2n) is 13.4. The van der Waals surface area contributed by atoms with Gasteiger partial charge in [-0.2, -0.15) is 9.78 Å². The number of thioether (sulfide) groups is 1. The number of nitro benzene ring substituents is 1. The van der Waals surface area contributed by atoms with Gasteiger partial charge < -0.3 is 20.3 Å². The minimum atomic E-state index is -0.578. The number of carbonyl (C=O) groups excluding carboxylic acids is 1. The van der Waals surface area contributed by atoms with E-state index in [0.717, 1.165) is 36.2 Å². The number of unbranched alkanes of at least 4 members (excludes halogenated alkanes) is 8. The second-order valence-corrected chi connectivity index (χ2v) is 14.3. The van der Waals surface area contributed by atoms with Crippen LogP contribution in [0.15, 0.2) is 90.1 Å². The summed E-state index contributed by atoms with van der Waals surface area (Å²) in [5.41, 5.74) is 2.80. The van der Waals surface area contributed by atoms with Crippen LogP contribution < -0.4 is 10.1 Å². The molecule has 0 aliphatic rings. The predicted molar refractivity (Wildman–Crippen MR) is 215 cm³/mol. The number of para-hydroxylation sites is 1. The van der Waals surface area contributed by atoms with E-state index >= 15 is 0 Å². The van der Waals surface area contributed by atoms with Gasteiger partial charge in [0.05, 0.1) is 34.2 Å². The average molecular weight is 779 g/mol. The Hall–Kier alpha value is -5.80. The zero-order valence-electron chi connectivity index (χ0n) is 31.3. The topological polar surface area (TPSA) is 183 Å². The molecule has 6 aromatic rings. The standard InChI is InChI=1S/C41H46N8O6S/c1-2-3-4-5-6-7-8-9-13-20-36-35(28-56-41-43-45-46-48(41)29-16-11-10-12-17-29)40(47(44-36)30-21-23-31(24-22-30)49(53)54)55-37-27-34(39(52)42-25-26-50)38(51)33-19-15-14-18-32(33)37/h10-12,14-19,21-24,27,50-51H,2-9,13,20,25-26,28H2,1H3,(H,42,52). The molecular formula is C41H46N8O6S. The van der Waals surface area contributed by atoms with E-state index in [4.69, 9.17) is 9.84 Å². The summed E-state index contributed by atoms with van der Waals surface area (Å²) >= 11 is 1.41. The molecule has 1 amide bonds. The number of benzene rings is 4. The first-order chi connectivity index (χ1) is 27.4.